The van der Waals surface area contributed by atoms with Gasteiger partial charge in [0.25, 0.3) is 0 Å². The summed E-state index contributed by atoms with van der Waals surface area (Å²) in [5.74, 6) is 0.578. The topological polar surface area (TPSA) is 37.3 Å². The van der Waals surface area contributed by atoms with Gasteiger partial charge in [-0.25, -0.2) is 4.79 Å². The maximum atomic E-state index is 11.9. The smallest absolute Gasteiger partial charge is 0.336 e. The van der Waals surface area contributed by atoms with Gasteiger partial charge in [-0.2, -0.15) is 0 Å². The van der Waals surface area contributed by atoms with Crippen LogP contribution in [0.1, 0.15) is 99.0 Å². The van der Waals surface area contributed by atoms with Crippen LogP contribution in [-0.4, -0.2) is 11.1 Å². The molecule has 2 aromatic carbocycles. The lowest BCUT2D eigenvalue weighted by Crippen LogP contribution is -2.13. The van der Waals surface area contributed by atoms with Gasteiger partial charge in [-0.3, -0.25) is 0 Å². The summed E-state index contributed by atoms with van der Waals surface area (Å²) in [6, 6.07) is 14.3. The van der Waals surface area contributed by atoms with Crippen molar-refractivity contribution in [1.82, 2.24) is 0 Å². The first-order chi connectivity index (χ1) is 14.6. The van der Waals surface area contributed by atoms with Crippen molar-refractivity contribution in [1.29, 1.82) is 0 Å². The molecule has 0 aliphatic heterocycles. The Hall–Kier alpha value is -2.35. The molecule has 2 nitrogen and oxygen atoms in total. The number of unbranched alkanes of at least 4 members (excludes halogenated alkanes) is 2. The van der Waals surface area contributed by atoms with Crippen LogP contribution in [0.15, 0.2) is 48.5 Å². The van der Waals surface area contributed by atoms with Gasteiger partial charge in [0.1, 0.15) is 0 Å². The van der Waals surface area contributed by atoms with Crippen molar-refractivity contribution in [2.24, 2.45) is 5.92 Å². The minimum Gasteiger partial charge on any atom is -0.478 e. The lowest BCUT2D eigenvalue weighted by Gasteiger charge is -2.29. The molecule has 1 aliphatic carbocycles. The summed E-state index contributed by atoms with van der Waals surface area (Å²) in [6.07, 6.45) is 15.5. The molecule has 160 valence electrons. The molecule has 0 amide bonds. The van der Waals surface area contributed by atoms with Crippen LogP contribution in [0, 0.1) is 5.92 Å². The van der Waals surface area contributed by atoms with Gasteiger partial charge in [0, 0.05) is 0 Å². The lowest BCUT2D eigenvalue weighted by molar-refractivity contribution is 0.0697. The van der Waals surface area contributed by atoms with Crippen LogP contribution >= 0.6 is 0 Å². The molecule has 0 saturated heterocycles. The number of carbonyl (C=O) groups is 1. The molecular weight excluding hydrogens is 368 g/mol. The van der Waals surface area contributed by atoms with Gasteiger partial charge in [-0.15, -0.1) is 0 Å². The second-order valence-electron chi connectivity index (χ2n) is 8.78. The van der Waals surface area contributed by atoms with Crippen molar-refractivity contribution in [2.75, 3.05) is 0 Å². The fraction of sp³-hybridized carbons (Fsp3) is 0.464. The Morgan fingerprint density at radius 3 is 2.37 bits per heavy atom. The van der Waals surface area contributed by atoms with E-state index in [0.717, 1.165) is 29.0 Å². The first-order valence-electron chi connectivity index (χ1n) is 11.8. The zero-order valence-electron chi connectivity index (χ0n) is 18.6. The number of carboxylic acid groups (broad SMARTS) is 1. The Labute approximate surface area is 182 Å². The minimum absolute atomic E-state index is 0.393. The highest BCUT2D eigenvalue weighted by Crippen LogP contribution is 2.39. The highest BCUT2D eigenvalue weighted by molar-refractivity contribution is 5.96. The van der Waals surface area contributed by atoms with Gasteiger partial charge in [-0.1, -0.05) is 88.1 Å². The van der Waals surface area contributed by atoms with Crippen LogP contribution in [0.4, 0.5) is 0 Å². The SMILES string of the molecule is CCCC/C=C/c1ccc(-c2cc(C3CCC(CCC)CC3)ccc2C(=O)O)cc1. The second kappa shape index (κ2) is 11.2. The van der Waals surface area contributed by atoms with Gasteiger partial charge < -0.3 is 5.11 Å². The summed E-state index contributed by atoms with van der Waals surface area (Å²) in [6.45, 7) is 4.48. The summed E-state index contributed by atoms with van der Waals surface area (Å²) in [4.78, 5) is 11.9. The van der Waals surface area contributed by atoms with E-state index in [1.54, 1.807) is 0 Å². The molecule has 0 atom stereocenters. The molecule has 3 rings (SSSR count). The largest absolute Gasteiger partial charge is 0.478 e. The summed E-state index contributed by atoms with van der Waals surface area (Å²) >= 11 is 0. The van der Waals surface area contributed by atoms with Crippen molar-refractivity contribution in [3.05, 3.63) is 65.2 Å². The van der Waals surface area contributed by atoms with E-state index in [2.05, 4.69) is 56.3 Å². The molecule has 1 saturated carbocycles. The van der Waals surface area contributed by atoms with Gasteiger partial charge in [0.2, 0.25) is 0 Å². The van der Waals surface area contributed by atoms with Crippen molar-refractivity contribution < 1.29 is 9.90 Å². The fourth-order valence-electron chi connectivity index (χ4n) is 4.75. The Morgan fingerprint density at radius 1 is 1.00 bits per heavy atom. The zero-order chi connectivity index (χ0) is 21.3. The minimum atomic E-state index is -0.855. The second-order valence-corrected chi connectivity index (χ2v) is 8.78. The number of carboxylic acids is 1. The van der Waals surface area contributed by atoms with Crippen LogP contribution in [0.5, 0.6) is 0 Å². The van der Waals surface area contributed by atoms with Gasteiger partial charge in [-0.05, 0) is 72.3 Å². The zero-order valence-corrected chi connectivity index (χ0v) is 18.6. The first kappa shape index (κ1) is 22.3. The molecule has 0 spiro atoms. The third-order valence-corrected chi connectivity index (χ3v) is 6.55. The standard InChI is InChI=1S/C28H36O2/c1-3-5-6-7-9-22-12-16-24(17-13-22)27-20-25(18-19-26(27)28(29)30)23-14-10-21(8-4-2)11-15-23/h7,9,12-13,16-21,23H,3-6,8,10-11,14-15H2,1-2H3,(H,29,30)/b9-7+. The average Bonchev–Trinajstić information content (AvgIpc) is 2.77. The maximum Gasteiger partial charge on any atom is 0.336 e. The number of allylic oxidation sites excluding steroid dienone is 1. The molecule has 0 aromatic heterocycles. The summed E-state index contributed by atoms with van der Waals surface area (Å²) in [5.41, 5.74) is 4.69. The molecule has 1 N–H and O–H groups in total. The van der Waals surface area contributed by atoms with E-state index >= 15 is 0 Å². The molecule has 30 heavy (non-hydrogen) atoms. The van der Waals surface area contributed by atoms with E-state index in [4.69, 9.17) is 0 Å². The van der Waals surface area contributed by atoms with Crippen LogP contribution in [0.2, 0.25) is 0 Å². The fourth-order valence-corrected chi connectivity index (χ4v) is 4.75. The molecule has 0 radical (unpaired) electrons. The van der Waals surface area contributed by atoms with E-state index in [1.165, 1.54) is 56.9 Å². The highest BCUT2D eigenvalue weighted by Gasteiger charge is 2.23. The Balaban J connectivity index is 1.80. The van der Waals surface area contributed by atoms with E-state index < -0.39 is 5.97 Å². The van der Waals surface area contributed by atoms with E-state index in [1.807, 2.05) is 12.1 Å². The normalized spacial score (nSPS) is 19.3. The number of hydrogen-bond donors (Lipinski definition) is 1. The molecule has 0 heterocycles. The van der Waals surface area contributed by atoms with Crippen LogP contribution in [0.3, 0.4) is 0 Å². The Morgan fingerprint density at radius 2 is 1.73 bits per heavy atom. The molecule has 0 unspecified atom stereocenters. The number of hydrogen-bond acceptors (Lipinski definition) is 1. The van der Waals surface area contributed by atoms with E-state index in [-0.39, 0.29) is 0 Å². The first-order valence-corrected chi connectivity index (χ1v) is 11.8. The van der Waals surface area contributed by atoms with E-state index in [0.29, 0.717) is 11.5 Å². The predicted octanol–water partition coefficient (Wildman–Crippen LogP) is 8.33. The molecule has 2 heteroatoms. The van der Waals surface area contributed by atoms with Gasteiger partial charge in [0.05, 0.1) is 5.56 Å². The third kappa shape index (κ3) is 5.84. The molecular formula is C28H36O2. The van der Waals surface area contributed by atoms with Crippen molar-refractivity contribution in [3.8, 4) is 11.1 Å². The van der Waals surface area contributed by atoms with Gasteiger partial charge in [0.15, 0.2) is 0 Å². The lowest BCUT2D eigenvalue weighted by atomic mass is 9.76. The monoisotopic (exact) mass is 404 g/mol. The highest BCUT2D eigenvalue weighted by atomic mass is 16.4. The quantitative estimate of drug-likeness (QED) is 0.426. The number of benzene rings is 2. The van der Waals surface area contributed by atoms with Crippen molar-refractivity contribution in [2.45, 2.75) is 77.6 Å². The maximum absolute atomic E-state index is 11.9. The van der Waals surface area contributed by atoms with Crippen LogP contribution < -0.4 is 0 Å². The van der Waals surface area contributed by atoms with Crippen molar-refractivity contribution in [3.63, 3.8) is 0 Å². The molecule has 2 aromatic rings. The predicted molar refractivity (Wildman–Crippen MR) is 127 cm³/mol. The Bertz CT molecular complexity index is 839. The van der Waals surface area contributed by atoms with Crippen LogP contribution in [-0.2, 0) is 0 Å². The van der Waals surface area contributed by atoms with Crippen LogP contribution in [0.25, 0.3) is 17.2 Å². The Kier molecular flexibility index (Phi) is 8.30. The summed E-state index contributed by atoms with van der Waals surface area (Å²) in [5, 5.41) is 9.73. The number of aromatic carboxylic acids is 1. The summed E-state index contributed by atoms with van der Waals surface area (Å²) < 4.78 is 0. The molecule has 0 bridgehead atoms. The third-order valence-electron chi connectivity index (χ3n) is 6.55. The molecule has 1 fully saturated rings. The summed E-state index contributed by atoms with van der Waals surface area (Å²) in [7, 11) is 0. The molecule has 1 aliphatic rings. The van der Waals surface area contributed by atoms with E-state index in [9.17, 15) is 9.90 Å². The van der Waals surface area contributed by atoms with Gasteiger partial charge >= 0.3 is 5.97 Å². The average molecular weight is 405 g/mol. The van der Waals surface area contributed by atoms with Crippen molar-refractivity contribution >= 4 is 12.0 Å². The number of rotatable bonds is 9.